The van der Waals surface area contributed by atoms with E-state index in [1.807, 2.05) is 0 Å². The Labute approximate surface area is 139 Å². The number of esters is 1. The second kappa shape index (κ2) is 7.07. The molecule has 0 aliphatic carbocycles. The molecule has 0 saturated carbocycles. The Hall–Kier alpha value is -1.36. The molecule has 0 bridgehead atoms. The van der Waals surface area contributed by atoms with Crippen LogP contribution in [0.25, 0.3) is 0 Å². The average Bonchev–Trinajstić information content (AvgIpc) is 2.45. The van der Waals surface area contributed by atoms with E-state index in [4.69, 9.17) is 27.9 Å². The van der Waals surface area contributed by atoms with Gasteiger partial charge < -0.3 is 4.74 Å². The molecular weight excluding hydrogens is 379 g/mol. The van der Waals surface area contributed by atoms with Crippen LogP contribution in [0, 0.1) is 0 Å². The van der Waals surface area contributed by atoms with Crippen LogP contribution in [0.3, 0.4) is 0 Å². The molecule has 108 valence electrons. The molecule has 2 aromatic rings. The summed E-state index contributed by atoms with van der Waals surface area (Å²) in [4.78, 5) is 23.7. The molecule has 0 amide bonds. The Morgan fingerprint density at radius 1 is 1.05 bits per heavy atom. The van der Waals surface area contributed by atoms with Crippen LogP contribution in [0.15, 0.2) is 46.9 Å². The van der Waals surface area contributed by atoms with Crippen molar-refractivity contribution in [3.8, 4) is 0 Å². The van der Waals surface area contributed by atoms with Crippen LogP contribution < -0.4 is 0 Å². The summed E-state index contributed by atoms with van der Waals surface area (Å²) in [7, 11) is 0. The summed E-state index contributed by atoms with van der Waals surface area (Å²) in [5, 5.41) is 0.663. The molecule has 0 heterocycles. The van der Waals surface area contributed by atoms with Crippen LogP contribution in [-0.4, -0.2) is 18.4 Å². The van der Waals surface area contributed by atoms with E-state index in [-0.39, 0.29) is 23.0 Å². The highest BCUT2D eigenvalue weighted by molar-refractivity contribution is 9.10. The lowest BCUT2D eigenvalue weighted by Crippen LogP contribution is -2.14. The Balaban J connectivity index is 2.00. The van der Waals surface area contributed by atoms with Gasteiger partial charge in [0.2, 0.25) is 5.78 Å². The molecule has 3 nitrogen and oxygen atoms in total. The number of carbonyl (C=O) groups is 2. The maximum atomic E-state index is 12.0. The second-order valence-corrected chi connectivity index (χ2v) is 5.89. The third-order valence-corrected chi connectivity index (χ3v) is 3.72. The molecule has 0 aromatic heterocycles. The predicted octanol–water partition coefficient (Wildman–Crippen LogP) is 4.80. The van der Waals surface area contributed by atoms with Gasteiger partial charge in [-0.15, -0.1) is 0 Å². The number of ketones is 1. The molecule has 2 aromatic carbocycles. The molecule has 2 rings (SSSR count). The monoisotopic (exact) mass is 386 g/mol. The lowest BCUT2D eigenvalue weighted by Gasteiger charge is -2.06. The molecule has 0 radical (unpaired) electrons. The van der Waals surface area contributed by atoms with Crippen molar-refractivity contribution < 1.29 is 14.3 Å². The minimum atomic E-state index is -0.569. The maximum absolute atomic E-state index is 12.0. The molecular formula is C15H9BrCl2O3. The number of benzene rings is 2. The molecule has 0 fully saturated rings. The number of hydrogen-bond acceptors (Lipinski definition) is 3. The zero-order valence-electron chi connectivity index (χ0n) is 10.6. The second-order valence-electron chi connectivity index (χ2n) is 4.13. The van der Waals surface area contributed by atoms with Gasteiger partial charge in [0.05, 0.1) is 10.6 Å². The van der Waals surface area contributed by atoms with Crippen molar-refractivity contribution in [2.75, 3.05) is 6.61 Å². The number of carbonyl (C=O) groups excluding carboxylic acids is 2. The number of ether oxygens (including phenoxy) is 1. The summed E-state index contributed by atoms with van der Waals surface area (Å²) >= 11 is 14.9. The van der Waals surface area contributed by atoms with Gasteiger partial charge in [-0.05, 0) is 42.5 Å². The lowest BCUT2D eigenvalue weighted by atomic mass is 10.1. The highest BCUT2D eigenvalue weighted by Crippen LogP contribution is 2.21. The van der Waals surface area contributed by atoms with Crippen LogP contribution in [0.4, 0.5) is 0 Å². The number of hydrogen-bond donors (Lipinski definition) is 0. The fraction of sp³-hybridized carbons (Fsp3) is 0.0667. The number of rotatable bonds is 4. The Kier molecular flexibility index (Phi) is 5.39. The molecule has 0 aliphatic rings. The van der Waals surface area contributed by atoms with Crippen LogP contribution in [0.2, 0.25) is 10.0 Å². The molecule has 0 atom stereocenters. The van der Waals surface area contributed by atoms with Gasteiger partial charge in [0.25, 0.3) is 0 Å². The van der Waals surface area contributed by atoms with Crippen LogP contribution >= 0.6 is 39.1 Å². The quantitative estimate of drug-likeness (QED) is 0.559. The van der Waals surface area contributed by atoms with E-state index in [1.54, 1.807) is 30.3 Å². The third kappa shape index (κ3) is 4.30. The van der Waals surface area contributed by atoms with E-state index in [2.05, 4.69) is 15.9 Å². The molecule has 0 saturated heterocycles. The van der Waals surface area contributed by atoms with Crippen molar-refractivity contribution in [1.29, 1.82) is 0 Å². The van der Waals surface area contributed by atoms with Crippen molar-refractivity contribution in [2.24, 2.45) is 0 Å². The Morgan fingerprint density at radius 3 is 2.33 bits per heavy atom. The zero-order valence-corrected chi connectivity index (χ0v) is 13.7. The van der Waals surface area contributed by atoms with Crippen molar-refractivity contribution in [3.05, 3.63) is 68.1 Å². The molecule has 0 N–H and O–H groups in total. The Morgan fingerprint density at radius 2 is 1.71 bits per heavy atom. The summed E-state index contributed by atoms with van der Waals surface area (Å²) in [6.45, 7) is -0.379. The average molecular weight is 388 g/mol. The van der Waals surface area contributed by atoms with Gasteiger partial charge in [0.1, 0.15) is 0 Å². The van der Waals surface area contributed by atoms with Gasteiger partial charge in [-0.3, -0.25) is 4.79 Å². The van der Waals surface area contributed by atoms with Crippen molar-refractivity contribution in [1.82, 2.24) is 0 Å². The van der Waals surface area contributed by atoms with Crippen molar-refractivity contribution >= 4 is 50.9 Å². The standard InChI is InChI=1S/C15H9BrCl2O3/c16-10-3-1-9(2-4-10)15(20)21-8-14(19)12-6-5-11(17)7-13(12)18/h1-7H,8H2. The van der Waals surface area contributed by atoms with Crippen molar-refractivity contribution in [3.63, 3.8) is 0 Å². The first kappa shape index (κ1) is 16.0. The highest BCUT2D eigenvalue weighted by atomic mass is 79.9. The molecule has 0 unspecified atom stereocenters. The summed E-state index contributed by atoms with van der Waals surface area (Å²) < 4.78 is 5.82. The van der Waals surface area contributed by atoms with E-state index in [9.17, 15) is 9.59 Å². The fourth-order valence-electron chi connectivity index (χ4n) is 1.59. The third-order valence-electron chi connectivity index (χ3n) is 2.65. The topological polar surface area (TPSA) is 43.4 Å². The molecule has 21 heavy (non-hydrogen) atoms. The van der Waals surface area contributed by atoms with Crippen LogP contribution in [-0.2, 0) is 4.74 Å². The van der Waals surface area contributed by atoms with Gasteiger partial charge in [-0.1, -0.05) is 39.1 Å². The molecule has 0 aliphatic heterocycles. The van der Waals surface area contributed by atoms with E-state index >= 15 is 0 Å². The molecule has 0 spiro atoms. The zero-order chi connectivity index (χ0) is 15.4. The minimum Gasteiger partial charge on any atom is -0.454 e. The van der Waals surface area contributed by atoms with Crippen molar-refractivity contribution in [2.45, 2.75) is 0 Å². The van der Waals surface area contributed by atoms with Gasteiger partial charge in [0.15, 0.2) is 6.61 Å². The smallest absolute Gasteiger partial charge is 0.338 e. The van der Waals surface area contributed by atoms with Crippen LogP contribution in [0.1, 0.15) is 20.7 Å². The summed E-state index contributed by atoms with van der Waals surface area (Å²) in [6, 6.07) is 11.2. The molecule has 6 heteroatoms. The number of Topliss-reactive ketones (excluding diaryl/α,β-unsaturated/α-hetero) is 1. The minimum absolute atomic E-state index is 0.229. The first-order chi connectivity index (χ1) is 9.97. The van der Waals surface area contributed by atoms with Gasteiger partial charge in [0, 0.05) is 15.1 Å². The normalized spacial score (nSPS) is 10.2. The Bertz CT molecular complexity index is 684. The summed E-state index contributed by atoms with van der Waals surface area (Å²) in [5.74, 6) is -0.955. The van der Waals surface area contributed by atoms with Crippen LogP contribution in [0.5, 0.6) is 0 Å². The maximum Gasteiger partial charge on any atom is 0.338 e. The fourth-order valence-corrected chi connectivity index (χ4v) is 2.37. The highest BCUT2D eigenvalue weighted by Gasteiger charge is 2.14. The van der Waals surface area contributed by atoms with Gasteiger partial charge in [-0.25, -0.2) is 4.79 Å². The van der Waals surface area contributed by atoms with E-state index in [1.165, 1.54) is 12.1 Å². The first-order valence-electron chi connectivity index (χ1n) is 5.88. The number of halogens is 3. The predicted molar refractivity (Wildman–Crippen MR) is 85.2 cm³/mol. The van der Waals surface area contributed by atoms with E-state index < -0.39 is 5.97 Å². The summed E-state index contributed by atoms with van der Waals surface area (Å²) in [6.07, 6.45) is 0. The van der Waals surface area contributed by atoms with E-state index in [0.717, 1.165) is 4.47 Å². The van der Waals surface area contributed by atoms with E-state index in [0.29, 0.717) is 10.6 Å². The first-order valence-corrected chi connectivity index (χ1v) is 7.43. The SMILES string of the molecule is O=C(OCC(=O)c1ccc(Cl)cc1Cl)c1ccc(Br)cc1. The van der Waals surface area contributed by atoms with Gasteiger partial charge >= 0.3 is 5.97 Å². The largest absolute Gasteiger partial charge is 0.454 e. The van der Waals surface area contributed by atoms with Gasteiger partial charge in [-0.2, -0.15) is 0 Å². The summed E-state index contributed by atoms with van der Waals surface area (Å²) in [5.41, 5.74) is 0.637. The lowest BCUT2D eigenvalue weighted by molar-refractivity contribution is 0.0475.